The van der Waals surface area contributed by atoms with Gasteiger partial charge in [-0.2, -0.15) is 0 Å². The molecule has 9 heteroatoms. The lowest BCUT2D eigenvalue weighted by Crippen LogP contribution is -2.23. The zero-order valence-corrected chi connectivity index (χ0v) is 20.0. The van der Waals surface area contributed by atoms with Crippen molar-refractivity contribution < 1.29 is 14.3 Å². The van der Waals surface area contributed by atoms with Crippen LogP contribution in [0.3, 0.4) is 0 Å². The number of hydrogen-bond donors (Lipinski definition) is 3. The maximum atomic E-state index is 15.2. The fraction of sp³-hybridized carbons (Fsp3) is 0.370. The van der Waals surface area contributed by atoms with Crippen LogP contribution in [0.5, 0.6) is 0 Å². The number of anilines is 1. The van der Waals surface area contributed by atoms with Crippen LogP contribution in [0.2, 0.25) is 0 Å². The highest BCUT2D eigenvalue weighted by atomic mass is 19.1. The maximum absolute atomic E-state index is 15.2. The van der Waals surface area contributed by atoms with Gasteiger partial charge in [0.05, 0.1) is 17.2 Å². The number of carboxylic acid groups (broad SMARTS) is 1. The third-order valence-electron chi connectivity index (χ3n) is 6.84. The van der Waals surface area contributed by atoms with Crippen LogP contribution < -0.4 is 21.4 Å². The molecule has 1 saturated heterocycles. The summed E-state index contributed by atoms with van der Waals surface area (Å²) in [6.07, 6.45) is 5.89. The number of nitrogens with two attached hydrogens (primary N) is 1. The van der Waals surface area contributed by atoms with E-state index in [1.54, 1.807) is 6.07 Å². The van der Waals surface area contributed by atoms with Crippen LogP contribution in [0.25, 0.3) is 10.9 Å². The maximum Gasteiger partial charge on any atom is 0.341 e. The van der Waals surface area contributed by atoms with Gasteiger partial charge in [0.2, 0.25) is 5.43 Å². The van der Waals surface area contributed by atoms with Gasteiger partial charge in [0.25, 0.3) is 0 Å². The Bertz CT molecular complexity index is 1360. The molecule has 2 heterocycles. The molecule has 2 fully saturated rings. The van der Waals surface area contributed by atoms with Crippen molar-refractivity contribution in [1.82, 2.24) is 9.88 Å². The Hall–Kier alpha value is -3.56. The van der Waals surface area contributed by atoms with Gasteiger partial charge in [-0.25, -0.2) is 9.18 Å². The molecule has 0 spiro atoms. The normalized spacial score (nSPS) is 17.9. The van der Waals surface area contributed by atoms with E-state index in [2.05, 4.69) is 17.4 Å². The zero-order chi connectivity index (χ0) is 25.2. The van der Waals surface area contributed by atoms with E-state index in [4.69, 9.17) is 10.7 Å². The molecule has 0 bridgehead atoms. The van der Waals surface area contributed by atoms with Gasteiger partial charge in [0, 0.05) is 56.6 Å². The Morgan fingerprint density at radius 3 is 2.69 bits per heavy atom. The third-order valence-corrected chi connectivity index (χ3v) is 6.84. The van der Waals surface area contributed by atoms with Crippen LogP contribution in [0, 0.1) is 5.82 Å². The summed E-state index contributed by atoms with van der Waals surface area (Å²) in [5.74, 6) is -1.81. The summed E-state index contributed by atoms with van der Waals surface area (Å²) in [7, 11) is 0. The molecule has 1 aliphatic carbocycles. The molecular formula is C27H30FN5O3. The molecule has 4 N–H and O–H groups in total. The van der Waals surface area contributed by atoms with Crippen LogP contribution >= 0.6 is 0 Å². The van der Waals surface area contributed by atoms with Crippen molar-refractivity contribution in [1.29, 1.82) is 0 Å². The summed E-state index contributed by atoms with van der Waals surface area (Å²) in [5, 5.41) is 12.8. The van der Waals surface area contributed by atoms with Crippen molar-refractivity contribution in [3.8, 4) is 0 Å². The Morgan fingerprint density at radius 2 is 2.00 bits per heavy atom. The van der Waals surface area contributed by atoms with E-state index in [1.165, 1.54) is 17.8 Å². The second-order valence-corrected chi connectivity index (χ2v) is 9.51. The SMILES string of the molecule is NCCNCc1ccc(C=NC2CCN(c3cc4c(cc3F)c(=O)c(C(=O)O)cn4C3CC3)C2)cc1. The van der Waals surface area contributed by atoms with E-state index >= 15 is 4.39 Å². The summed E-state index contributed by atoms with van der Waals surface area (Å²) in [5.41, 5.74) is 7.72. The molecule has 3 aromatic rings. The first-order valence-corrected chi connectivity index (χ1v) is 12.3. The molecule has 188 valence electrons. The number of hydrogen-bond acceptors (Lipinski definition) is 6. The average molecular weight is 492 g/mol. The first kappa shape index (κ1) is 24.1. The van der Waals surface area contributed by atoms with Gasteiger partial charge in [-0.05, 0) is 42.5 Å². The van der Waals surface area contributed by atoms with Crippen LogP contribution in [0.4, 0.5) is 10.1 Å². The van der Waals surface area contributed by atoms with E-state index < -0.39 is 17.2 Å². The number of aromatic nitrogens is 1. The lowest BCUT2D eigenvalue weighted by atomic mass is 10.1. The molecule has 0 amide bonds. The number of aliphatic imine (C=N–C) groups is 1. The quantitative estimate of drug-likeness (QED) is 0.313. The Balaban J connectivity index is 1.33. The Labute approximate surface area is 208 Å². The van der Waals surface area contributed by atoms with E-state index in [0.29, 0.717) is 30.8 Å². The number of carbonyl (C=O) groups is 1. The first-order valence-electron chi connectivity index (χ1n) is 12.3. The molecule has 1 unspecified atom stereocenters. The molecule has 2 aromatic carbocycles. The summed E-state index contributed by atoms with van der Waals surface area (Å²) >= 11 is 0. The van der Waals surface area contributed by atoms with E-state index in [9.17, 15) is 14.7 Å². The van der Waals surface area contributed by atoms with Crippen LogP contribution in [-0.2, 0) is 6.54 Å². The number of aromatic carboxylic acids is 1. The number of nitrogens with zero attached hydrogens (tertiary/aromatic N) is 3. The number of pyridine rings is 1. The molecular weight excluding hydrogens is 461 g/mol. The van der Waals surface area contributed by atoms with E-state index in [-0.39, 0.29) is 23.0 Å². The molecule has 1 aliphatic heterocycles. The lowest BCUT2D eigenvalue weighted by molar-refractivity contribution is 0.0695. The van der Waals surface area contributed by atoms with Gasteiger partial charge >= 0.3 is 5.97 Å². The predicted octanol–water partition coefficient (Wildman–Crippen LogP) is 2.92. The third kappa shape index (κ3) is 5.03. The molecule has 0 radical (unpaired) electrons. The van der Waals surface area contributed by atoms with Gasteiger partial charge < -0.3 is 25.6 Å². The van der Waals surface area contributed by atoms with Gasteiger partial charge in [-0.3, -0.25) is 9.79 Å². The van der Waals surface area contributed by atoms with E-state index in [1.807, 2.05) is 27.8 Å². The second kappa shape index (κ2) is 10.2. The van der Waals surface area contributed by atoms with Gasteiger partial charge in [-0.15, -0.1) is 0 Å². The van der Waals surface area contributed by atoms with Crippen molar-refractivity contribution in [2.75, 3.05) is 31.1 Å². The Morgan fingerprint density at radius 1 is 1.22 bits per heavy atom. The molecule has 2 aliphatic rings. The smallest absolute Gasteiger partial charge is 0.341 e. The summed E-state index contributed by atoms with van der Waals surface area (Å²) < 4.78 is 17.0. The Kier molecular flexibility index (Phi) is 6.84. The van der Waals surface area contributed by atoms with Crippen molar-refractivity contribution >= 4 is 28.8 Å². The minimum atomic E-state index is -1.29. The first-order chi connectivity index (χ1) is 17.4. The average Bonchev–Trinajstić information content (AvgIpc) is 3.61. The molecule has 36 heavy (non-hydrogen) atoms. The highest BCUT2D eigenvalue weighted by Crippen LogP contribution is 2.38. The zero-order valence-electron chi connectivity index (χ0n) is 20.0. The minimum absolute atomic E-state index is 0.0333. The van der Waals surface area contributed by atoms with Crippen LogP contribution in [0.1, 0.15) is 46.8 Å². The predicted molar refractivity (Wildman–Crippen MR) is 139 cm³/mol. The standard InChI is InChI=1S/C27H30FN5O3/c28-23-11-21-24(33(20-5-6-20)16-22(26(21)34)27(35)36)12-25(23)32-10-7-19(15-32)31-14-18-3-1-17(2-4-18)13-30-9-8-29/h1-4,11-12,14,16,19-20,30H,5-10,13,15,29H2,(H,35,36). The fourth-order valence-electron chi connectivity index (χ4n) is 4.74. The number of fused-ring (bicyclic) bond motifs is 1. The molecule has 1 aromatic heterocycles. The minimum Gasteiger partial charge on any atom is -0.477 e. The topological polar surface area (TPSA) is 113 Å². The van der Waals surface area contributed by atoms with Crippen molar-refractivity contribution in [2.24, 2.45) is 10.7 Å². The lowest BCUT2D eigenvalue weighted by Gasteiger charge is -2.21. The van der Waals surface area contributed by atoms with E-state index in [0.717, 1.165) is 37.9 Å². The van der Waals surface area contributed by atoms with Crippen molar-refractivity contribution in [3.05, 3.63) is 75.3 Å². The molecule has 5 rings (SSSR count). The monoisotopic (exact) mass is 491 g/mol. The largest absolute Gasteiger partial charge is 0.477 e. The van der Waals surface area contributed by atoms with Gasteiger partial charge in [0.15, 0.2) is 0 Å². The van der Waals surface area contributed by atoms with Crippen LogP contribution in [0.15, 0.2) is 52.4 Å². The summed E-state index contributed by atoms with van der Waals surface area (Å²) in [6, 6.07) is 11.2. The van der Waals surface area contributed by atoms with Crippen molar-refractivity contribution in [2.45, 2.75) is 37.9 Å². The molecule has 1 saturated carbocycles. The highest BCUT2D eigenvalue weighted by molar-refractivity contribution is 5.93. The fourth-order valence-corrected chi connectivity index (χ4v) is 4.74. The number of rotatable bonds is 9. The van der Waals surface area contributed by atoms with Gasteiger partial charge in [0.1, 0.15) is 11.4 Å². The number of halogens is 1. The number of benzene rings is 2. The number of carboxylic acids is 1. The van der Waals surface area contributed by atoms with Gasteiger partial charge in [-0.1, -0.05) is 24.3 Å². The number of nitrogens with one attached hydrogen (secondary N) is 1. The second-order valence-electron chi connectivity index (χ2n) is 9.51. The highest BCUT2D eigenvalue weighted by Gasteiger charge is 2.29. The summed E-state index contributed by atoms with van der Waals surface area (Å²) in [6.45, 7) is 3.38. The molecule has 1 atom stereocenters. The van der Waals surface area contributed by atoms with Crippen LogP contribution in [-0.4, -0.2) is 54.1 Å². The van der Waals surface area contributed by atoms with Crippen molar-refractivity contribution in [3.63, 3.8) is 0 Å². The molecule has 8 nitrogen and oxygen atoms in total. The summed E-state index contributed by atoms with van der Waals surface area (Å²) in [4.78, 5) is 30.9.